The first-order valence-corrected chi connectivity index (χ1v) is 8.73. The Bertz CT molecular complexity index is 969. The van der Waals surface area contributed by atoms with E-state index in [1.54, 1.807) is 10.9 Å². The van der Waals surface area contributed by atoms with Crippen molar-refractivity contribution >= 4 is 11.9 Å². The molecule has 0 spiro atoms. The number of benzene rings is 2. The van der Waals surface area contributed by atoms with E-state index in [9.17, 15) is 4.79 Å². The number of ether oxygens (including phenoxy) is 1. The summed E-state index contributed by atoms with van der Waals surface area (Å²) in [6.07, 6.45) is 2.63. The summed E-state index contributed by atoms with van der Waals surface area (Å²) in [5, 5.41) is 0. The minimum absolute atomic E-state index is 0.139. The van der Waals surface area contributed by atoms with Crippen molar-refractivity contribution in [1.29, 1.82) is 0 Å². The van der Waals surface area contributed by atoms with Crippen LogP contribution in [0.2, 0.25) is 0 Å². The molecule has 0 bridgehead atoms. The molecule has 3 aromatic rings. The molecule has 0 radical (unpaired) electrons. The third kappa shape index (κ3) is 3.47. The molecular weight excluding hydrogens is 326 g/mol. The van der Waals surface area contributed by atoms with Gasteiger partial charge in [-0.2, -0.15) is 0 Å². The van der Waals surface area contributed by atoms with Gasteiger partial charge in [0.2, 0.25) is 0 Å². The molecule has 0 aliphatic heterocycles. The summed E-state index contributed by atoms with van der Waals surface area (Å²) in [4.78, 5) is 17.4. The van der Waals surface area contributed by atoms with Crippen LogP contribution in [0.1, 0.15) is 24.6 Å². The van der Waals surface area contributed by atoms with Crippen molar-refractivity contribution in [2.75, 3.05) is 6.61 Å². The normalized spacial score (nSPS) is 11.2. The molecule has 0 amide bonds. The van der Waals surface area contributed by atoms with E-state index >= 15 is 0 Å². The van der Waals surface area contributed by atoms with E-state index in [2.05, 4.69) is 11.9 Å². The number of hydrogen-bond acceptors (Lipinski definition) is 3. The van der Waals surface area contributed by atoms with Crippen LogP contribution in [0.3, 0.4) is 0 Å². The van der Waals surface area contributed by atoms with Crippen LogP contribution in [0.5, 0.6) is 5.75 Å². The maximum Gasteiger partial charge on any atom is 0.297 e. The van der Waals surface area contributed by atoms with Crippen molar-refractivity contribution in [2.24, 2.45) is 12.0 Å². The van der Waals surface area contributed by atoms with Crippen LogP contribution in [-0.4, -0.2) is 22.2 Å². The Morgan fingerprint density at radius 2 is 1.77 bits per heavy atom. The predicted octanol–water partition coefficient (Wildman–Crippen LogP) is 4.02. The smallest absolute Gasteiger partial charge is 0.297 e. The largest absolute Gasteiger partial charge is 0.493 e. The second kappa shape index (κ2) is 7.87. The van der Waals surface area contributed by atoms with Crippen LogP contribution < -0.4 is 10.3 Å². The lowest BCUT2D eigenvalue weighted by Gasteiger charge is -2.07. The molecule has 3 rings (SSSR count). The third-order valence-corrected chi connectivity index (χ3v) is 4.24. The first-order valence-electron chi connectivity index (χ1n) is 8.73. The second-order valence-corrected chi connectivity index (χ2v) is 6.05. The Balaban J connectivity index is 2.00. The Kier molecular flexibility index (Phi) is 5.37. The first kappa shape index (κ1) is 17.7. The van der Waals surface area contributed by atoms with E-state index in [1.165, 1.54) is 0 Å². The van der Waals surface area contributed by atoms with E-state index in [1.807, 2.05) is 73.3 Å². The van der Waals surface area contributed by atoms with E-state index < -0.39 is 0 Å². The number of aromatic nitrogens is 2. The van der Waals surface area contributed by atoms with E-state index in [0.717, 1.165) is 29.1 Å². The molecule has 0 saturated carbocycles. The number of nitrogens with zero attached hydrogens (tertiary/aromatic N) is 3. The zero-order chi connectivity index (χ0) is 18.5. The molecule has 134 valence electrons. The predicted molar refractivity (Wildman–Crippen MR) is 105 cm³/mol. The van der Waals surface area contributed by atoms with E-state index in [4.69, 9.17) is 4.74 Å². The van der Waals surface area contributed by atoms with Gasteiger partial charge in [0.25, 0.3) is 5.56 Å². The van der Waals surface area contributed by atoms with Gasteiger partial charge in [-0.3, -0.25) is 9.48 Å². The van der Waals surface area contributed by atoms with Gasteiger partial charge in [-0.15, -0.1) is 0 Å². The number of hydrogen-bond donors (Lipinski definition) is 0. The highest BCUT2D eigenvalue weighted by Crippen LogP contribution is 2.20. The van der Waals surface area contributed by atoms with Gasteiger partial charge in [0.1, 0.15) is 5.75 Å². The fourth-order valence-electron chi connectivity index (χ4n) is 2.77. The monoisotopic (exact) mass is 349 g/mol. The highest BCUT2D eigenvalue weighted by Gasteiger charge is 2.15. The lowest BCUT2D eigenvalue weighted by Crippen LogP contribution is -2.19. The maximum absolute atomic E-state index is 12.9. The van der Waals surface area contributed by atoms with Gasteiger partial charge in [-0.1, -0.05) is 37.3 Å². The van der Waals surface area contributed by atoms with Crippen LogP contribution in [0.15, 0.2) is 64.4 Å². The summed E-state index contributed by atoms with van der Waals surface area (Å²) in [6.45, 7) is 4.61. The Labute approximate surface area is 153 Å². The highest BCUT2D eigenvalue weighted by atomic mass is 16.5. The van der Waals surface area contributed by atoms with Crippen molar-refractivity contribution < 1.29 is 4.74 Å². The summed E-state index contributed by atoms with van der Waals surface area (Å²) < 4.78 is 9.20. The van der Waals surface area contributed by atoms with Crippen LogP contribution in [0, 0.1) is 6.92 Å². The standard InChI is InChI=1S/C21H23N3O2/c1-4-14-26-19-13-9-8-10-17(19)15-22-20-16(2)23(3)24(21(20)25)18-11-6-5-7-12-18/h5-13,15H,4,14H2,1-3H3. The maximum atomic E-state index is 12.9. The van der Waals surface area contributed by atoms with Crippen LogP contribution in [-0.2, 0) is 7.05 Å². The zero-order valence-electron chi connectivity index (χ0n) is 15.3. The summed E-state index contributed by atoms with van der Waals surface area (Å²) in [5.74, 6) is 0.773. The third-order valence-electron chi connectivity index (χ3n) is 4.24. The van der Waals surface area contributed by atoms with Gasteiger partial charge in [-0.25, -0.2) is 9.67 Å². The quantitative estimate of drug-likeness (QED) is 0.631. The molecule has 0 aliphatic carbocycles. The summed E-state index contributed by atoms with van der Waals surface area (Å²) >= 11 is 0. The Morgan fingerprint density at radius 1 is 1.08 bits per heavy atom. The molecule has 1 heterocycles. The summed E-state index contributed by atoms with van der Waals surface area (Å²) in [7, 11) is 1.86. The zero-order valence-corrected chi connectivity index (χ0v) is 15.3. The van der Waals surface area contributed by atoms with Crippen molar-refractivity contribution in [3.8, 4) is 11.4 Å². The highest BCUT2D eigenvalue weighted by molar-refractivity contribution is 5.85. The first-order chi connectivity index (χ1) is 12.6. The molecule has 0 saturated heterocycles. The van der Waals surface area contributed by atoms with Gasteiger partial charge in [0.05, 0.1) is 18.0 Å². The SMILES string of the molecule is CCCOc1ccccc1C=Nc1c(C)n(C)n(-c2ccccc2)c1=O. The van der Waals surface area contributed by atoms with Crippen LogP contribution in [0.25, 0.3) is 5.69 Å². The van der Waals surface area contributed by atoms with Gasteiger partial charge < -0.3 is 4.74 Å². The second-order valence-electron chi connectivity index (χ2n) is 6.05. The summed E-state index contributed by atoms with van der Waals surface area (Å²) in [5.41, 5.74) is 2.77. The fourth-order valence-corrected chi connectivity index (χ4v) is 2.77. The molecule has 0 aliphatic rings. The molecule has 5 nitrogen and oxygen atoms in total. The van der Waals surface area contributed by atoms with Crippen LogP contribution in [0.4, 0.5) is 5.69 Å². The number of rotatable bonds is 6. The van der Waals surface area contributed by atoms with Crippen molar-refractivity contribution in [1.82, 2.24) is 9.36 Å². The molecule has 0 N–H and O–H groups in total. The molecule has 0 fully saturated rings. The average molecular weight is 349 g/mol. The van der Waals surface area contributed by atoms with E-state index in [-0.39, 0.29) is 5.56 Å². The van der Waals surface area contributed by atoms with Crippen LogP contribution >= 0.6 is 0 Å². The molecule has 2 aromatic carbocycles. The summed E-state index contributed by atoms with van der Waals surface area (Å²) in [6, 6.07) is 17.3. The minimum Gasteiger partial charge on any atom is -0.493 e. The fraction of sp³-hybridized carbons (Fsp3) is 0.238. The Morgan fingerprint density at radius 3 is 2.50 bits per heavy atom. The molecule has 0 unspecified atom stereocenters. The van der Waals surface area contributed by atoms with Gasteiger partial charge in [0.15, 0.2) is 5.69 Å². The number of aliphatic imine (C=N–C) groups is 1. The van der Waals surface area contributed by atoms with Gasteiger partial charge in [-0.05, 0) is 37.6 Å². The van der Waals surface area contributed by atoms with Crippen molar-refractivity contribution in [3.05, 3.63) is 76.2 Å². The lowest BCUT2D eigenvalue weighted by atomic mass is 10.2. The topological polar surface area (TPSA) is 48.5 Å². The van der Waals surface area contributed by atoms with E-state index in [0.29, 0.717) is 12.3 Å². The number of para-hydroxylation sites is 2. The molecular formula is C21H23N3O2. The lowest BCUT2D eigenvalue weighted by molar-refractivity contribution is 0.317. The average Bonchev–Trinajstić information content (AvgIpc) is 2.88. The molecule has 1 aromatic heterocycles. The minimum atomic E-state index is -0.139. The van der Waals surface area contributed by atoms with Gasteiger partial charge >= 0.3 is 0 Å². The van der Waals surface area contributed by atoms with Gasteiger partial charge in [0, 0.05) is 18.8 Å². The molecule has 26 heavy (non-hydrogen) atoms. The Hall–Kier alpha value is -3.08. The van der Waals surface area contributed by atoms with Crippen molar-refractivity contribution in [2.45, 2.75) is 20.3 Å². The van der Waals surface area contributed by atoms with Crippen molar-refractivity contribution in [3.63, 3.8) is 0 Å². The molecule has 0 atom stereocenters. The molecule has 5 heteroatoms.